The van der Waals surface area contributed by atoms with E-state index in [2.05, 4.69) is 9.80 Å². The Morgan fingerprint density at radius 1 is 0.977 bits per heavy atom. The summed E-state index contributed by atoms with van der Waals surface area (Å²) in [6.07, 6.45) is 1.27. The topological polar surface area (TPSA) is 93.9 Å². The molecule has 1 aliphatic carbocycles. The number of nitrogens with zero attached hydrogens (tertiary/aromatic N) is 4. The van der Waals surface area contributed by atoms with Gasteiger partial charge in [0.15, 0.2) is 5.78 Å². The van der Waals surface area contributed by atoms with Gasteiger partial charge in [0.25, 0.3) is 5.56 Å². The van der Waals surface area contributed by atoms with Crippen molar-refractivity contribution in [1.29, 1.82) is 0 Å². The summed E-state index contributed by atoms with van der Waals surface area (Å²) in [6.45, 7) is 5.79. The molecule has 5 rings (SSSR count). The molecule has 1 aliphatic heterocycles. The number of hydrogen-bond acceptors (Lipinski definition) is 7. The molecule has 0 spiro atoms. The molecule has 2 bridgehead atoms. The Balaban J connectivity index is 1.45. The molecule has 0 saturated carbocycles. The van der Waals surface area contributed by atoms with E-state index >= 15 is 0 Å². The number of aromatic nitrogens is 2. The lowest BCUT2D eigenvalue weighted by molar-refractivity contribution is -0.143. The summed E-state index contributed by atoms with van der Waals surface area (Å²) in [4.78, 5) is 55.0. The predicted octanol–water partition coefficient (Wildman–Crippen LogP) is 3.79. The maximum absolute atomic E-state index is 13.5. The van der Waals surface area contributed by atoms with Gasteiger partial charge in [-0.05, 0) is 71.8 Å². The van der Waals surface area contributed by atoms with Crippen LogP contribution in [0.4, 0.5) is 5.82 Å². The van der Waals surface area contributed by atoms with E-state index in [-0.39, 0.29) is 23.5 Å². The van der Waals surface area contributed by atoms with E-state index in [1.807, 2.05) is 49.4 Å². The number of aryl methyl sites for hydroxylation is 1. The molecule has 3 aromatic rings. The van der Waals surface area contributed by atoms with Crippen molar-refractivity contribution in [2.75, 3.05) is 44.7 Å². The third-order valence-electron chi connectivity index (χ3n) is 8.62. The number of fused-ring (bicyclic) bond motifs is 2. The highest BCUT2D eigenvalue weighted by Gasteiger charge is 2.35. The first-order valence-corrected chi connectivity index (χ1v) is 14.9. The van der Waals surface area contributed by atoms with Gasteiger partial charge in [-0.2, -0.15) is 0 Å². The second kappa shape index (κ2) is 12.7. The van der Waals surface area contributed by atoms with Crippen LogP contribution in [0.2, 0.25) is 5.02 Å². The number of halogens is 1. The zero-order valence-electron chi connectivity index (χ0n) is 25.1. The van der Waals surface area contributed by atoms with Gasteiger partial charge in [0.05, 0.1) is 13.0 Å². The van der Waals surface area contributed by atoms with E-state index in [0.29, 0.717) is 23.8 Å². The molecule has 2 aliphatic rings. The molecule has 1 aromatic heterocycles. The smallest absolute Gasteiger partial charge is 0.332 e. The van der Waals surface area contributed by atoms with Crippen LogP contribution in [-0.2, 0) is 28.4 Å². The number of hydrogen-bond donors (Lipinski definition) is 0. The molecule has 43 heavy (non-hydrogen) atoms. The molecule has 9 nitrogen and oxygen atoms in total. The SMILES string of the molecule is COC(=O)CC(=O)C1/C(=C(/CCN2CCCN(c3cc(=O)n(C)c(=O)n3C)CC2)c2ccc(Cl)cc2C)c2cccc1c2. The fourth-order valence-electron chi connectivity index (χ4n) is 6.33. The first-order chi connectivity index (χ1) is 20.6. The Morgan fingerprint density at radius 3 is 2.51 bits per heavy atom. The van der Waals surface area contributed by atoms with E-state index < -0.39 is 11.9 Å². The highest BCUT2D eigenvalue weighted by atomic mass is 35.5. The van der Waals surface area contributed by atoms with Gasteiger partial charge in [-0.25, -0.2) is 4.79 Å². The quantitative estimate of drug-likeness (QED) is 0.285. The maximum Gasteiger partial charge on any atom is 0.332 e. The van der Waals surface area contributed by atoms with E-state index in [0.717, 1.165) is 70.6 Å². The van der Waals surface area contributed by atoms with E-state index in [1.54, 1.807) is 7.05 Å². The number of carbonyl (C=O) groups is 2. The molecule has 2 heterocycles. The molecule has 0 radical (unpaired) electrons. The van der Waals surface area contributed by atoms with E-state index in [4.69, 9.17) is 16.3 Å². The number of ether oxygens (including phenoxy) is 1. The molecule has 10 heteroatoms. The van der Waals surface area contributed by atoms with Crippen molar-refractivity contribution in [2.24, 2.45) is 14.1 Å². The molecule has 1 fully saturated rings. The van der Waals surface area contributed by atoms with Crippen LogP contribution in [0.3, 0.4) is 0 Å². The van der Waals surface area contributed by atoms with Crippen LogP contribution >= 0.6 is 11.6 Å². The van der Waals surface area contributed by atoms with Gasteiger partial charge in [0.2, 0.25) is 0 Å². The third-order valence-corrected chi connectivity index (χ3v) is 8.85. The Bertz CT molecular complexity index is 1720. The summed E-state index contributed by atoms with van der Waals surface area (Å²) in [7, 11) is 4.48. The van der Waals surface area contributed by atoms with Gasteiger partial charge >= 0.3 is 11.7 Å². The fraction of sp³-hybridized carbons (Fsp3) is 0.394. The van der Waals surface area contributed by atoms with Crippen molar-refractivity contribution >= 4 is 40.3 Å². The summed E-state index contributed by atoms with van der Waals surface area (Å²) in [5, 5.41) is 0.647. The van der Waals surface area contributed by atoms with Crippen LogP contribution in [0.5, 0.6) is 0 Å². The van der Waals surface area contributed by atoms with Crippen LogP contribution in [-0.4, -0.2) is 65.6 Å². The van der Waals surface area contributed by atoms with Gasteiger partial charge in [0, 0.05) is 51.4 Å². The lowest BCUT2D eigenvalue weighted by Crippen LogP contribution is -2.41. The Hall–Kier alpha value is -3.95. The Labute approximate surface area is 255 Å². The summed E-state index contributed by atoms with van der Waals surface area (Å²) < 4.78 is 7.46. The molecule has 0 N–H and O–H groups in total. The van der Waals surface area contributed by atoms with E-state index in [9.17, 15) is 19.2 Å². The number of allylic oxidation sites excluding steroid dienone is 1. The normalized spacial score (nSPS) is 18.0. The van der Waals surface area contributed by atoms with Crippen LogP contribution in [0.25, 0.3) is 11.1 Å². The maximum atomic E-state index is 13.5. The van der Waals surface area contributed by atoms with Gasteiger partial charge in [-0.15, -0.1) is 0 Å². The van der Waals surface area contributed by atoms with Gasteiger partial charge in [-0.1, -0.05) is 41.9 Å². The average Bonchev–Trinajstić information content (AvgIpc) is 3.11. The highest BCUT2D eigenvalue weighted by Crippen LogP contribution is 2.46. The number of Topliss-reactive ketones (excluding diaryl/α,β-unsaturated/α-hetero) is 1. The molecule has 0 amide bonds. The average molecular weight is 605 g/mol. The monoisotopic (exact) mass is 604 g/mol. The van der Waals surface area contributed by atoms with Crippen LogP contribution in [0.1, 0.15) is 47.4 Å². The molecule has 1 unspecified atom stereocenters. The van der Waals surface area contributed by atoms with Crippen molar-refractivity contribution in [1.82, 2.24) is 14.0 Å². The van der Waals surface area contributed by atoms with Gasteiger partial charge in [0.1, 0.15) is 12.2 Å². The van der Waals surface area contributed by atoms with Crippen LogP contribution < -0.4 is 16.1 Å². The van der Waals surface area contributed by atoms with Crippen LogP contribution in [0, 0.1) is 6.92 Å². The summed E-state index contributed by atoms with van der Waals surface area (Å²) >= 11 is 6.33. The van der Waals surface area contributed by atoms with E-state index in [1.165, 1.54) is 24.8 Å². The second-order valence-electron chi connectivity index (χ2n) is 11.3. The minimum Gasteiger partial charge on any atom is -0.469 e. The number of rotatable bonds is 8. The summed E-state index contributed by atoms with van der Waals surface area (Å²) in [6, 6.07) is 15.3. The molecule has 1 atom stereocenters. The summed E-state index contributed by atoms with van der Waals surface area (Å²) in [5.74, 6) is -0.642. The summed E-state index contributed by atoms with van der Waals surface area (Å²) in [5.41, 5.74) is 5.26. The molecular weight excluding hydrogens is 568 g/mol. The number of esters is 1. The standard InChI is InChI=1S/C33H37ClN4O5/c1-21-17-24(34)9-10-25(21)26(31-22-7-5-8-23(18-22)32(31)27(39)19-30(41)43-4)11-14-37-12-6-13-38(16-15-37)28-20-29(40)36(3)33(42)35(28)2/h5,7-10,17-18,20,32H,6,11-16,19H2,1-4H3/b31-26-. The largest absolute Gasteiger partial charge is 0.469 e. The Kier molecular flexibility index (Phi) is 9.03. The molecule has 226 valence electrons. The molecular formula is C33H37ClN4O5. The third kappa shape index (κ3) is 6.24. The lowest BCUT2D eigenvalue weighted by Gasteiger charge is -2.26. The van der Waals surface area contributed by atoms with Crippen LogP contribution in [0.15, 0.2) is 58.1 Å². The first kappa shape index (κ1) is 30.5. The molecule has 2 aromatic carbocycles. The lowest BCUT2D eigenvalue weighted by atomic mass is 9.83. The van der Waals surface area contributed by atoms with Crippen molar-refractivity contribution in [2.45, 2.75) is 32.1 Å². The van der Waals surface area contributed by atoms with Crippen molar-refractivity contribution in [3.63, 3.8) is 0 Å². The highest BCUT2D eigenvalue weighted by molar-refractivity contribution is 6.30. The number of carbonyl (C=O) groups excluding carboxylic acids is 2. The van der Waals surface area contributed by atoms with Crippen molar-refractivity contribution in [3.8, 4) is 0 Å². The molecule has 1 saturated heterocycles. The van der Waals surface area contributed by atoms with Gasteiger partial charge < -0.3 is 14.5 Å². The predicted molar refractivity (Wildman–Crippen MR) is 169 cm³/mol. The zero-order chi connectivity index (χ0) is 30.8. The number of methoxy groups -OCH3 is 1. The van der Waals surface area contributed by atoms with Crippen molar-refractivity contribution < 1.29 is 14.3 Å². The first-order valence-electron chi connectivity index (χ1n) is 14.5. The van der Waals surface area contributed by atoms with Gasteiger partial charge in [-0.3, -0.25) is 23.5 Å². The minimum atomic E-state index is -0.546. The fourth-order valence-corrected chi connectivity index (χ4v) is 6.56. The second-order valence-corrected chi connectivity index (χ2v) is 11.7. The number of anilines is 1. The minimum absolute atomic E-state index is 0.183. The zero-order valence-corrected chi connectivity index (χ0v) is 25.8. The number of benzene rings is 2. The van der Waals surface area contributed by atoms with Crippen molar-refractivity contribution in [3.05, 3.63) is 96.6 Å². The Morgan fingerprint density at radius 2 is 1.77 bits per heavy atom. The number of ketones is 1.